The van der Waals surface area contributed by atoms with Crippen LogP contribution in [0, 0.1) is 19.8 Å². The van der Waals surface area contributed by atoms with E-state index in [-0.39, 0.29) is 6.10 Å². The number of aliphatic hydroxyl groups is 1. The number of aryl methyl sites for hydroxylation is 2. The zero-order valence-electron chi connectivity index (χ0n) is 10.2. The Morgan fingerprint density at radius 3 is 2.13 bits per heavy atom. The molecule has 2 atom stereocenters. The number of aliphatic hydroxyl groups excluding tert-OH is 1. The molecule has 0 spiro atoms. The molecular formula is C14H22O. The maximum absolute atomic E-state index is 10.2. The largest absolute Gasteiger partial charge is 0.388 e. The zero-order valence-corrected chi connectivity index (χ0v) is 10.2. The number of hydrogen-bond acceptors (Lipinski definition) is 1. The van der Waals surface area contributed by atoms with Crippen LogP contribution in [0.15, 0.2) is 18.2 Å². The maximum atomic E-state index is 10.2. The van der Waals surface area contributed by atoms with E-state index in [1.807, 2.05) is 0 Å². The van der Waals surface area contributed by atoms with Gasteiger partial charge in [-0.1, -0.05) is 49.6 Å². The minimum Gasteiger partial charge on any atom is -0.388 e. The predicted molar refractivity (Wildman–Crippen MR) is 64.9 cm³/mol. The van der Waals surface area contributed by atoms with E-state index in [1.165, 1.54) is 11.1 Å². The van der Waals surface area contributed by atoms with Crippen LogP contribution in [0.25, 0.3) is 0 Å². The Balaban J connectivity index is 2.85. The van der Waals surface area contributed by atoms with Crippen LogP contribution in [-0.4, -0.2) is 5.11 Å². The van der Waals surface area contributed by atoms with E-state index in [0.29, 0.717) is 5.92 Å². The molecule has 0 heterocycles. The molecule has 0 aliphatic carbocycles. The molecule has 15 heavy (non-hydrogen) atoms. The summed E-state index contributed by atoms with van der Waals surface area (Å²) < 4.78 is 0. The highest BCUT2D eigenvalue weighted by Crippen LogP contribution is 2.26. The van der Waals surface area contributed by atoms with Crippen LogP contribution in [0.5, 0.6) is 0 Å². The maximum Gasteiger partial charge on any atom is 0.0815 e. The lowest BCUT2D eigenvalue weighted by Gasteiger charge is -2.19. The standard InChI is InChI=1S/C14H22O/c1-5-6-12(4)14(15)13-8-10(2)7-11(3)9-13/h7-9,12,14-15H,5-6H2,1-4H3. The van der Waals surface area contributed by atoms with E-state index in [9.17, 15) is 5.11 Å². The molecule has 0 radical (unpaired) electrons. The molecule has 1 rings (SSSR count). The van der Waals surface area contributed by atoms with E-state index < -0.39 is 0 Å². The summed E-state index contributed by atoms with van der Waals surface area (Å²) in [5.41, 5.74) is 3.52. The van der Waals surface area contributed by atoms with Crippen LogP contribution in [-0.2, 0) is 0 Å². The van der Waals surface area contributed by atoms with Gasteiger partial charge in [0.05, 0.1) is 6.10 Å². The topological polar surface area (TPSA) is 20.2 Å². The molecular weight excluding hydrogens is 184 g/mol. The SMILES string of the molecule is CCCC(C)C(O)c1cc(C)cc(C)c1. The zero-order chi connectivity index (χ0) is 11.4. The first-order valence-electron chi connectivity index (χ1n) is 5.80. The van der Waals surface area contributed by atoms with Gasteiger partial charge in [-0.15, -0.1) is 0 Å². The average molecular weight is 206 g/mol. The first kappa shape index (κ1) is 12.3. The van der Waals surface area contributed by atoms with Crippen LogP contribution in [0.2, 0.25) is 0 Å². The van der Waals surface area contributed by atoms with Crippen molar-refractivity contribution in [1.29, 1.82) is 0 Å². The average Bonchev–Trinajstić information content (AvgIpc) is 2.15. The smallest absolute Gasteiger partial charge is 0.0815 e. The second kappa shape index (κ2) is 5.32. The van der Waals surface area contributed by atoms with Crippen molar-refractivity contribution in [1.82, 2.24) is 0 Å². The summed E-state index contributed by atoms with van der Waals surface area (Å²) >= 11 is 0. The monoisotopic (exact) mass is 206 g/mol. The Hall–Kier alpha value is -0.820. The summed E-state index contributed by atoms with van der Waals surface area (Å²) in [4.78, 5) is 0. The predicted octanol–water partition coefficient (Wildman–Crippen LogP) is 3.77. The van der Waals surface area contributed by atoms with Crippen molar-refractivity contribution >= 4 is 0 Å². The van der Waals surface area contributed by atoms with Crippen molar-refractivity contribution in [2.24, 2.45) is 5.92 Å². The van der Waals surface area contributed by atoms with Gasteiger partial charge in [-0.25, -0.2) is 0 Å². The molecule has 0 aromatic heterocycles. The lowest BCUT2D eigenvalue weighted by Crippen LogP contribution is -2.09. The molecule has 0 saturated heterocycles. The quantitative estimate of drug-likeness (QED) is 0.795. The van der Waals surface area contributed by atoms with Crippen molar-refractivity contribution in [3.05, 3.63) is 34.9 Å². The van der Waals surface area contributed by atoms with Gasteiger partial charge < -0.3 is 5.11 Å². The normalized spacial score (nSPS) is 15.0. The second-order valence-electron chi connectivity index (χ2n) is 4.63. The van der Waals surface area contributed by atoms with Crippen molar-refractivity contribution in [2.75, 3.05) is 0 Å². The van der Waals surface area contributed by atoms with Crippen LogP contribution in [0.3, 0.4) is 0 Å². The molecule has 0 bridgehead atoms. The first-order chi connectivity index (χ1) is 7.04. The van der Waals surface area contributed by atoms with Gasteiger partial charge in [-0.3, -0.25) is 0 Å². The van der Waals surface area contributed by atoms with Crippen molar-refractivity contribution in [3.8, 4) is 0 Å². The van der Waals surface area contributed by atoms with E-state index in [4.69, 9.17) is 0 Å². The molecule has 0 amide bonds. The second-order valence-corrected chi connectivity index (χ2v) is 4.63. The van der Waals surface area contributed by atoms with E-state index in [2.05, 4.69) is 45.9 Å². The van der Waals surface area contributed by atoms with Crippen LogP contribution < -0.4 is 0 Å². The van der Waals surface area contributed by atoms with Gasteiger partial charge in [0, 0.05) is 0 Å². The fourth-order valence-electron chi connectivity index (χ4n) is 2.12. The summed E-state index contributed by atoms with van der Waals surface area (Å²) in [6.45, 7) is 8.43. The molecule has 0 aliphatic rings. The first-order valence-corrected chi connectivity index (χ1v) is 5.80. The molecule has 1 nitrogen and oxygen atoms in total. The lowest BCUT2D eigenvalue weighted by atomic mass is 9.92. The number of hydrogen-bond donors (Lipinski definition) is 1. The minimum absolute atomic E-state index is 0.316. The Kier molecular flexibility index (Phi) is 4.34. The Morgan fingerprint density at radius 2 is 1.67 bits per heavy atom. The van der Waals surface area contributed by atoms with Gasteiger partial charge in [0.15, 0.2) is 0 Å². The summed E-state index contributed by atoms with van der Waals surface area (Å²) in [7, 11) is 0. The molecule has 1 aromatic carbocycles. The number of benzene rings is 1. The molecule has 2 unspecified atom stereocenters. The molecule has 0 saturated carbocycles. The molecule has 0 aliphatic heterocycles. The van der Waals surface area contributed by atoms with Gasteiger partial charge >= 0.3 is 0 Å². The minimum atomic E-state index is -0.316. The fraction of sp³-hybridized carbons (Fsp3) is 0.571. The third-order valence-electron chi connectivity index (χ3n) is 2.87. The van der Waals surface area contributed by atoms with Gasteiger partial charge in [0.25, 0.3) is 0 Å². The lowest BCUT2D eigenvalue weighted by molar-refractivity contribution is 0.112. The Labute approximate surface area is 93.1 Å². The van der Waals surface area contributed by atoms with Crippen molar-refractivity contribution in [3.63, 3.8) is 0 Å². The summed E-state index contributed by atoms with van der Waals surface area (Å²) in [6.07, 6.45) is 1.89. The molecule has 1 heteroatoms. The third-order valence-corrected chi connectivity index (χ3v) is 2.87. The summed E-state index contributed by atoms with van der Waals surface area (Å²) in [6, 6.07) is 6.31. The Bertz CT molecular complexity index is 297. The van der Waals surface area contributed by atoms with E-state index >= 15 is 0 Å². The highest BCUT2D eigenvalue weighted by molar-refractivity contribution is 5.30. The number of rotatable bonds is 4. The van der Waals surface area contributed by atoms with Crippen LogP contribution in [0.1, 0.15) is 49.5 Å². The highest BCUT2D eigenvalue weighted by Gasteiger charge is 2.15. The van der Waals surface area contributed by atoms with Gasteiger partial charge in [-0.05, 0) is 31.7 Å². The highest BCUT2D eigenvalue weighted by atomic mass is 16.3. The molecule has 1 N–H and O–H groups in total. The van der Waals surface area contributed by atoms with E-state index in [0.717, 1.165) is 18.4 Å². The van der Waals surface area contributed by atoms with Gasteiger partial charge in [-0.2, -0.15) is 0 Å². The summed E-state index contributed by atoms with van der Waals surface area (Å²) in [5.74, 6) is 0.344. The molecule has 84 valence electrons. The summed E-state index contributed by atoms with van der Waals surface area (Å²) in [5, 5.41) is 10.2. The van der Waals surface area contributed by atoms with Gasteiger partial charge in [0.2, 0.25) is 0 Å². The van der Waals surface area contributed by atoms with Crippen molar-refractivity contribution < 1.29 is 5.11 Å². The van der Waals surface area contributed by atoms with Crippen LogP contribution >= 0.6 is 0 Å². The van der Waals surface area contributed by atoms with E-state index in [1.54, 1.807) is 0 Å². The Morgan fingerprint density at radius 1 is 1.13 bits per heavy atom. The van der Waals surface area contributed by atoms with Crippen molar-refractivity contribution in [2.45, 2.75) is 46.6 Å². The van der Waals surface area contributed by atoms with Gasteiger partial charge in [0.1, 0.15) is 0 Å². The van der Waals surface area contributed by atoms with Crippen LogP contribution in [0.4, 0.5) is 0 Å². The fourth-order valence-corrected chi connectivity index (χ4v) is 2.12. The molecule has 1 aromatic rings. The third kappa shape index (κ3) is 3.35. The molecule has 0 fully saturated rings.